The minimum atomic E-state index is -0.511. The van der Waals surface area contributed by atoms with Crippen molar-refractivity contribution < 1.29 is 14.3 Å². The number of H-pyrrole nitrogens is 1. The lowest BCUT2D eigenvalue weighted by atomic mass is 10.3. The van der Waals surface area contributed by atoms with Crippen molar-refractivity contribution >= 4 is 29.0 Å². The Bertz CT molecular complexity index is 563. The van der Waals surface area contributed by atoms with Crippen LogP contribution in [0.5, 0.6) is 0 Å². The number of ether oxygens (including phenoxy) is 1. The predicted molar refractivity (Wildman–Crippen MR) is 71.2 cm³/mol. The number of carbonyl (C=O) groups is 2. The third-order valence-electron chi connectivity index (χ3n) is 2.31. The molecule has 7 heteroatoms. The third kappa shape index (κ3) is 3.41. The Labute approximate surface area is 113 Å². The number of nitrogens with one attached hydrogen (secondary N) is 2. The molecule has 0 aliphatic rings. The third-order valence-corrected chi connectivity index (χ3v) is 3.19. The first-order chi connectivity index (χ1) is 9.20. The molecule has 0 fully saturated rings. The molecule has 2 heterocycles. The van der Waals surface area contributed by atoms with Crippen LogP contribution in [0.15, 0.2) is 23.7 Å². The van der Waals surface area contributed by atoms with Crippen molar-refractivity contribution in [2.45, 2.75) is 13.3 Å². The highest BCUT2D eigenvalue weighted by molar-refractivity contribution is 7.10. The lowest BCUT2D eigenvalue weighted by molar-refractivity contribution is -0.115. The molecule has 100 valence electrons. The van der Waals surface area contributed by atoms with Gasteiger partial charge in [-0.05, 0) is 18.4 Å². The Morgan fingerprint density at radius 3 is 3.05 bits per heavy atom. The minimum Gasteiger partial charge on any atom is -0.462 e. The number of aromatic amines is 1. The fraction of sp³-hybridized carbons (Fsp3) is 0.250. The summed E-state index contributed by atoms with van der Waals surface area (Å²) in [5.41, 5.74) is 0.223. The summed E-state index contributed by atoms with van der Waals surface area (Å²) in [5, 5.41) is 10.8. The largest absolute Gasteiger partial charge is 0.462 e. The molecule has 0 spiro atoms. The van der Waals surface area contributed by atoms with Crippen LogP contribution < -0.4 is 5.32 Å². The van der Waals surface area contributed by atoms with Crippen LogP contribution >= 0.6 is 11.3 Å². The highest BCUT2D eigenvalue weighted by Gasteiger charge is 2.16. The number of carbonyl (C=O) groups excluding carboxylic acids is 2. The summed E-state index contributed by atoms with van der Waals surface area (Å²) in [5.74, 6) is -0.458. The van der Waals surface area contributed by atoms with Crippen LogP contribution in [0.3, 0.4) is 0 Å². The summed E-state index contributed by atoms with van der Waals surface area (Å²) in [7, 11) is 0. The maximum atomic E-state index is 11.8. The van der Waals surface area contributed by atoms with Gasteiger partial charge >= 0.3 is 5.97 Å². The van der Waals surface area contributed by atoms with Crippen molar-refractivity contribution in [3.05, 3.63) is 34.2 Å². The highest BCUT2D eigenvalue weighted by atomic mass is 32.1. The van der Waals surface area contributed by atoms with Crippen molar-refractivity contribution in [3.63, 3.8) is 0 Å². The second-order valence-electron chi connectivity index (χ2n) is 3.68. The molecule has 0 aromatic carbocycles. The van der Waals surface area contributed by atoms with Crippen molar-refractivity contribution in [1.82, 2.24) is 10.2 Å². The number of esters is 1. The van der Waals surface area contributed by atoms with Crippen molar-refractivity contribution in [3.8, 4) is 0 Å². The van der Waals surface area contributed by atoms with Gasteiger partial charge in [0.05, 0.1) is 19.2 Å². The van der Waals surface area contributed by atoms with Crippen LogP contribution in [-0.4, -0.2) is 28.7 Å². The zero-order valence-corrected chi connectivity index (χ0v) is 11.1. The van der Waals surface area contributed by atoms with E-state index in [1.54, 1.807) is 6.92 Å². The molecule has 0 atom stereocenters. The molecule has 0 saturated heterocycles. The van der Waals surface area contributed by atoms with Gasteiger partial charge in [0.2, 0.25) is 5.91 Å². The van der Waals surface area contributed by atoms with E-state index in [1.807, 2.05) is 17.5 Å². The van der Waals surface area contributed by atoms with Gasteiger partial charge in [-0.25, -0.2) is 4.79 Å². The zero-order chi connectivity index (χ0) is 13.7. The van der Waals surface area contributed by atoms with E-state index in [9.17, 15) is 9.59 Å². The van der Waals surface area contributed by atoms with E-state index in [-0.39, 0.29) is 30.3 Å². The summed E-state index contributed by atoms with van der Waals surface area (Å²) >= 11 is 1.50. The first-order valence-electron chi connectivity index (χ1n) is 5.73. The van der Waals surface area contributed by atoms with Gasteiger partial charge in [-0.15, -0.1) is 11.3 Å². The molecule has 2 aromatic rings. The van der Waals surface area contributed by atoms with E-state index in [2.05, 4.69) is 15.5 Å². The molecule has 2 rings (SSSR count). The van der Waals surface area contributed by atoms with Crippen molar-refractivity contribution in [2.24, 2.45) is 0 Å². The highest BCUT2D eigenvalue weighted by Crippen LogP contribution is 2.14. The minimum absolute atomic E-state index is 0.211. The summed E-state index contributed by atoms with van der Waals surface area (Å²) in [6.07, 6.45) is 1.59. The number of hydrogen-bond donors (Lipinski definition) is 2. The summed E-state index contributed by atoms with van der Waals surface area (Å²) in [4.78, 5) is 24.4. The molecule has 0 aliphatic carbocycles. The Morgan fingerprint density at radius 1 is 1.53 bits per heavy atom. The smallest absolute Gasteiger partial charge is 0.343 e. The van der Waals surface area contributed by atoms with Crippen LogP contribution in [0, 0.1) is 0 Å². The fourth-order valence-corrected chi connectivity index (χ4v) is 2.20. The molecule has 0 bridgehead atoms. The lowest BCUT2D eigenvalue weighted by Gasteiger charge is -2.04. The Balaban J connectivity index is 2.01. The molecule has 0 unspecified atom stereocenters. The summed E-state index contributed by atoms with van der Waals surface area (Å²) in [6.45, 7) is 1.99. The lowest BCUT2D eigenvalue weighted by Crippen LogP contribution is -2.16. The van der Waals surface area contributed by atoms with E-state index >= 15 is 0 Å². The average Bonchev–Trinajstić information content (AvgIpc) is 3.00. The fourth-order valence-electron chi connectivity index (χ4n) is 1.50. The van der Waals surface area contributed by atoms with Gasteiger partial charge in [0.25, 0.3) is 0 Å². The van der Waals surface area contributed by atoms with Crippen LogP contribution in [0.1, 0.15) is 22.2 Å². The summed E-state index contributed by atoms with van der Waals surface area (Å²) in [6, 6.07) is 3.76. The SMILES string of the molecule is CCOC(=O)c1cn[nH]c1NC(=O)Cc1cccs1. The van der Waals surface area contributed by atoms with Gasteiger partial charge in [-0.1, -0.05) is 6.07 Å². The normalized spacial score (nSPS) is 10.2. The van der Waals surface area contributed by atoms with Crippen LogP contribution in [0.25, 0.3) is 0 Å². The van der Waals surface area contributed by atoms with Gasteiger partial charge in [0.1, 0.15) is 11.4 Å². The maximum absolute atomic E-state index is 11.8. The van der Waals surface area contributed by atoms with E-state index in [0.717, 1.165) is 4.88 Å². The number of hydrogen-bond acceptors (Lipinski definition) is 5. The molecular formula is C12H13N3O3S. The first-order valence-corrected chi connectivity index (χ1v) is 6.61. The quantitative estimate of drug-likeness (QED) is 0.818. The van der Waals surface area contributed by atoms with Crippen LogP contribution in [-0.2, 0) is 16.0 Å². The number of amides is 1. The Kier molecular flexibility index (Phi) is 4.30. The van der Waals surface area contributed by atoms with Gasteiger partial charge in [0, 0.05) is 4.88 Å². The van der Waals surface area contributed by atoms with Crippen molar-refractivity contribution in [1.29, 1.82) is 0 Å². The second-order valence-corrected chi connectivity index (χ2v) is 4.72. The topological polar surface area (TPSA) is 84.1 Å². The molecular weight excluding hydrogens is 266 g/mol. The van der Waals surface area contributed by atoms with Crippen molar-refractivity contribution in [2.75, 3.05) is 11.9 Å². The van der Waals surface area contributed by atoms with Gasteiger partial charge in [-0.3, -0.25) is 9.89 Å². The standard InChI is InChI=1S/C12H13N3O3S/c1-2-18-12(17)9-7-13-15-11(9)14-10(16)6-8-4-3-5-19-8/h3-5,7H,2,6H2,1H3,(H2,13,14,15,16). The Morgan fingerprint density at radius 2 is 2.37 bits per heavy atom. The van der Waals surface area contributed by atoms with Crippen LogP contribution in [0.4, 0.5) is 5.82 Å². The van der Waals surface area contributed by atoms with Gasteiger partial charge < -0.3 is 10.1 Å². The number of nitrogens with zero attached hydrogens (tertiary/aromatic N) is 1. The number of rotatable bonds is 5. The molecule has 6 nitrogen and oxygen atoms in total. The molecule has 0 saturated carbocycles. The zero-order valence-electron chi connectivity index (χ0n) is 10.3. The van der Waals surface area contributed by atoms with E-state index in [0.29, 0.717) is 0 Å². The van der Waals surface area contributed by atoms with Gasteiger partial charge in [-0.2, -0.15) is 5.10 Å². The molecule has 19 heavy (non-hydrogen) atoms. The van der Waals surface area contributed by atoms with Gasteiger partial charge in [0.15, 0.2) is 0 Å². The van der Waals surface area contributed by atoms with E-state index in [4.69, 9.17) is 4.74 Å². The number of thiophene rings is 1. The maximum Gasteiger partial charge on any atom is 0.343 e. The average molecular weight is 279 g/mol. The summed E-state index contributed by atoms with van der Waals surface area (Å²) < 4.78 is 4.87. The van der Waals surface area contributed by atoms with E-state index < -0.39 is 5.97 Å². The number of aromatic nitrogens is 2. The number of anilines is 1. The molecule has 1 amide bonds. The molecule has 0 aliphatic heterocycles. The second kappa shape index (κ2) is 6.14. The monoisotopic (exact) mass is 279 g/mol. The first kappa shape index (κ1) is 13.3. The van der Waals surface area contributed by atoms with Crippen LogP contribution in [0.2, 0.25) is 0 Å². The van der Waals surface area contributed by atoms with E-state index in [1.165, 1.54) is 17.5 Å². The molecule has 2 N–H and O–H groups in total. The predicted octanol–water partition coefficient (Wildman–Crippen LogP) is 1.83. The Hall–Kier alpha value is -2.15. The molecule has 0 radical (unpaired) electrons. The molecule has 2 aromatic heterocycles.